The molecule has 0 radical (unpaired) electrons. The second kappa shape index (κ2) is 6.57. The lowest BCUT2D eigenvalue weighted by Gasteiger charge is -2.40. The van der Waals surface area contributed by atoms with Gasteiger partial charge in [0.05, 0.1) is 6.54 Å². The van der Waals surface area contributed by atoms with Crippen LogP contribution in [-0.2, 0) is 9.59 Å². The van der Waals surface area contributed by atoms with E-state index in [4.69, 9.17) is 0 Å². The fraction of sp³-hybridized carbons (Fsp3) is 0.474. The number of carbonyl (C=O) groups is 2. The molecule has 0 saturated carbocycles. The van der Waals surface area contributed by atoms with Gasteiger partial charge in [0.15, 0.2) is 0 Å². The average Bonchev–Trinajstić information content (AvgIpc) is 2.85. The molecule has 2 aliphatic rings. The summed E-state index contributed by atoms with van der Waals surface area (Å²) in [5.41, 5.74) is 1.38. The minimum atomic E-state index is -0.204. The number of fused-ring (bicyclic) bond motifs is 2. The maximum absolute atomic E-state index is 12.6. The van der Waals surface area contributed by atoms with Crippen LogP contribution < -0.4 is 0 Å². The number of piperidine rings is 1. The number of rotatable bonds is 4. The minimum absolute atomic E-state index is 0.0710. The van der Waals surface area contributed by atoms with E-state index in [1.807, 2.05) is 11.0 Å². The lowest BCUT2D eigenvalue weighted by molar-refractivity contribution is -0.140. The molecular weight excluding hydrogens is 288 g/mol. The Kier molecular flexibility index (Phi) is 4.51. The van der Waals surface area contributed by atoms with Crippen molar-refractivity contribution in [2.45, 2.75) is 43.7 Å². The Bertz CT molecular complexity index is 585. The van der Waals surface area contributed by atoms with Crippen molar-refractivity contribution in [3.63, 3.8) is 0 Å². The van der Waals surface area contributed by atoms with Gasteiger partial charge in [-0.2, -0.15) is 0 Å². The van der Waals surface area contributed by atoms with Crippen LogP contribution >= 0.6 is 0 Å². The van der Waals surface area contributed by atoms with Gasteiger partial charge >= 0.3 is 0 Å². The van der Waals surface area contributed by atoms with Crippen LogP contribution in [0.1, 0.15) is 37.2 Å². The molecule has 0 aliphatic carbocycles. The number of benzene rings is 1. The number of hydrogen-bond donors (Lipinski definition) is 0. The van der Waals surface area contributed by atoms with E-state index < -0.39 is 0 Å². The predicted molar refractivity (Wildman–Crippen MR) is 89.9 cm³/mol. The summed E-state index contributed by atoms with van der Waals surface area (Å²) in [5.74, 6) is 0.414. The molecule has 2 saturated heterocycles. The van der Waals surface area contributed by atoms with E-state index in [1.54, 1.807) is 7.05 Å². The summed E-state index contributed by atoms with van der Waals surface area (Å²) < 4.78 is 0. The molecule has 122 valence electrons. The van der Waals surface area contributed by atoms with Gasteiger partial charge in [0.25, 0.3) is 0 Å². The first-order valence-corrected chi connectivity index (χ1v) is 8.33. The maximum Gasteiger partial charge on any atom is 0.246 e. The highest BCUT2D eigenvalue weighted by Crippen LogP contribution is 2.43. The molecule has 1 aromatic carbocycles. The molecule has 2 aliphatic heterocycles. The van der Waals surface area contributed by atoms with Crippen LogP contribution in [-0.4, -0.2) is 47.3 Å². The van der Waals surface area contributed by atoms with E-state index in [0.717, 1.165) is 25.7 Å². The van der Waals surface area contributed by atoms with E-state index in [-0.39, 0.29) is 18.4 Å². The second-order valence-electron chi connectivity index (χ2n) is 6.66. The highest BCUT2D eigenvalue weighted by molar-refractivity contribution is 5.90. The molecule has 1 unspecified atom stereocenters. The predicted octanol–water partition coefficient (Wildman–Crippen LogP) is 2.57. The third kappa shape index (κ3) is 3.16. The number of carbonyl (C=O) groups excluding carboxylic acids is 2. The van der Waals surface area contributed by atoms with Crippen molar-refractivity contribution in [1.29, 1.82) is 0 Å². The van der Waals surface area contributed by atoms with Crippen molar-refractivity contribution in [3.05, 3.63) is 48.6 Å². The molecule has 4 nitrogen and oxygen atoms in total. The molecule has 3 rings (SSSR count). The van der Waals surface area contributed by atoms with Crippen LogP contribution in [0.4, 0.5) is 0 Å². The first kappa shape index (κ1) is 15.8. The topological polar surface area (TPSA) is 40.6 Å². The van der Waals surface area contributed by atoms with Crippen molar-refractivity contribution in [3.8, 4) is 0 Å². The number of nitrogens with zero attached hydrogens (tertiary/aromatic N) is 2. The van der Waals surface area contributed by atoms with Gasteiger partial charge in [-0.25, -0.2) is 0 Å². The average molecular weight is 312 g/mol. The Morgan fingerprint density at radius 3 is 2.39 bits per heavy atom. The monoisotopic (exact) mass is 312 g/mol. The van der Waals surface area contributed by atoms with E-state index in [9.17, 15) is 9.59 Å². The lowest BCUT2D eigenvalue weighted by Crippen LogP contribution is -2.49. The SMILES string of the molecule is C=CC(=O)N(C)CC(=O)N1[C@@H]2CC[C@H]1CC(c1ccccc1)C2. The van der Waals surface area contributed by atoms with Gasteiger partial charge in [0, 0.05) is 19.1 Å². The summed E-state index contributed by atoms with van der Waals surface area (Å²) in [6.45, 7) is 3.62. The second-order valence-corrected chi connectivity index (χ2v) is 6.66. The zero-order valence-corrected chi connectivity index (χ0v) is 13.6. The van der Waals surface area contributed by atoms with E-state index in [2.05, 4.69) is 30.8 Å². The molecular formula is C19H24N2O2. The van der Waals surface area contributed by atoms with Crippen molar-refractivity contribution in [2.75, 3.05) is 13.6 Å². The molecule has 4 heteroatoms. The van der Waals surface area contributed by atoms with Crippen LogP contribution in [0.5, 0.6) is 0 Å². The normalized spacial score (nSPS) is 26.0. The van der Waals surface area contributed by atoms with Crippen molar-refractivity contribution < 1.29 is 9.59 Å². The lowest BCUT2D eigenvalue weighted by atomic mass is 9.85. The summed E-state index contributed by atoms with van der Waals surface area (Å²) in [6, 6.07) is 11.2. The van der Waals surface area contributed by atoms with Crippen LogP contribution in [0.3, 0.4) is 0 Å². The van der Waals surface area contributed by atoms with Crippen LogP contribution in [0.25, 0.3) is 0 Å². The summed E-state index contributed by atoms with van der Waals surface area (Å²) in [5, 5.41) is 0. The molecule has 1 aromatic rings. The Morgan fingerprint density at radius 1 is 1.22 bits per heavy atom. The quantitative estimate of drug-likeness (QED) is 0.802. The third-order valence-electron chi connectivity index (χ3n) is 5.22. The number of hydrogen-bond acceptors (Lipinski definition) is 2. The Morgan fingerprint density at radius 2 is 1.83 bits per heavy atom. The minimum Gasteiger partial charge on any atom is -0.335 e. The first-order chi connectivity index (χ1) is 11.1. The van der Waals surface area contributed by atoms with Gasteiger partial charge in [-0.3, -0.25) is 9.59 Å². The van der Waals surface area contributed by atoms with Gasteiger partial charge in [-0.05, 0) is 43.2 Å². The standard InChI is InChI=1S/C19H24N2O2/c1-3-18(22)20(2)13-19(23)21-16-9-10-17(21)12-15(11-16)14-7-5-4-6-8-14/h3-8,15-17H,1,9-13H2,2H3/t15?,16-,17+. The van der Waals surface area contributed by atoms with Gasteiger partial charge in [-0.1, -0.05) is 36.9 Å². The van der Waals surface area contributed by atoms with Crippen LogP contribution in [0.15, 0.2) is 43.0 Å². The molecule has 2 bridgehead atoms. The summed E-state index contributed by atoms with van der Waals surface area (Å²) >= 11 is 0. The summed E-state index contributed by atoms with van der Waals surface area (Å²) in [7, 11) is 1.65. The molecule has 2 fully saturated rings. The highest BCUT2D eigenvalue weighted by atomic mass is 16.2. The Balaban J connectivity index is 1.67. The van der Waals surface area contributed by atoms with Crippen molar-refractivity contribution in [1.82, 2.24) is 9.80 Å². The molecule has 2 heterocycles. The third-order valence-corrected chi connectivity index (χ3v) is 5.22. The van der Waals surface area contributed by atoms with E-state index in [0.29, 0.717) is 18.0 Å². The fourth-order valence-corrected chi connectivity index (χ4v) is 4.10. The van der Waals surface area contributed by atoms with Gasteiger partial charge in [0.1, 0.15) is 0 Å². The molecule has 23 heavy (non-hydrogen) atoms. The summed E-state index contributed by atoms with van der Waals surface area (Å²) in [6.07, 6.45) is 5.48. The smallest absolute Gasteiger partial charge is 0.246 e. The highest BCUT2D eigenvalue weighted by Gasteiger charge is 2.43. The first-order valence-electron chi connectivity index (χ1n) is 8.33. The van der Waals surface area contributed by atoms with Crippen LogP contribution in [0.2, 0.25) is 0 Å². The molecule has 0 aromatic heterocycles. The zero-order valence-electron chi connectivity index (χ0n) is 13.6. The molecule has 3 atom stereocenters. The van der Waals surface area contributed by atoms with Crippen molar-refractivity contribution in [2.24, 2.45) is 0 Å². The molecule has 2 amide bonds. The number of likely N-dealkylation sites (N-methyl/N-ethyl adjacent to an activating group) is 1. The van der Waals surface area contributed by atoms with E-state index >= 15 is 0 Å². The van der Waals surface area contributed by atoms with Gasteiger partial charge in [-0.15, -0.1) is 0 Å². The largest absolute Gasteiger partial charge is 0.335 e. The Labute approximate surface area is 137 Å². The van der Waals surface area contributed by atoms with E-state index in [1.165, 1.54) is 16.5 Å². The molecule has 0 spiro atoms. The number of amides is 2. The maximum atomic E-state index is 12.6. The Hall–Kier alpha value is -2.10. The van der Waals surface area contributed by atoms with Gasteiger partial charge in [0.2, 0.25) is 11.8 Å². The van der Waals surface area contributed by atoms with Crippen molar-refractivity contribution >= 4 is 11.8 Å². The fourth-order valence-electron chi connectivity index (χ4n) is 4.10. The van der Waals surface area contributed by atoms with Gasteiger partial charge < -0.3 is 9.80 Å². The summed E-state index contributed by atoms with van der Waals surface area (Å²) in [4.78, 5) is 27.7. The zero-order chi connectivity index (χ0) is 16.4. The van der Waals surface area contributed by atoms with Crippen LogP contribution in [0, 0.1) is 0 Å². The molecule has 0 N–H and O–H groups in total.